The molecular weight excluding hydrogens is 162 g/mol. The predicted octanol–water partition coefficient (Wildman–Crippen LogP) is 1.48. The average Bonchev–Trinajstić information content (AvgIpc) is 1.84. The lowest BCUT2D eigenvalue weighted by molar-refractivity contribution is -0.142. The summed E-state index contributed by atoms with van der Waals surface area (Å²) >= 11 is 5.67. The molecule has 0 atom stereocenters. The Hall–Kier alpha value is -0.240. The van der Waals surface area contributed by atoms with E-state index in [0.29, 0.717) is 5.88 Å². The summed E-state index contributed by atoms with van der Waals surface area (Å²) in [6.45, 7) is 5.61. The number of alkyl halides is 1. The van der Waals surface area contributed by atoms with E-state index in [1.807, 2.05) is 18.7 Å². The molecule has 0 aromatic heterocycles. The van der Waals surface area contributed by atoms with Gasteiger partial charge in [-0.05, 0) is 20.3 Å². The van der Waals surface area contributed by atoms with Crippen LogP contribution in [0.3, 0.4) is 0 Å². The lowest BCUT2D eigenvalue weighted by Crippen LogP contribution is -2.48. The summed E-state index contributed by atoms with van der Waals surface area (Å²) in [7, 11) is 0. The third-order valence-electron chi connectivity index (χ3n) is 2.06. The second-order valence-electron chi connectivity index (χ2n) is 3.66. The third-order valence-corrected chi connectivity index (χ3v) is 2.72. The van der Waals surface area contributed by atoms with Crippen LogP contribution in [0.25, 0.3) is 0 Å². The largest absolute Gasteiger partial charge is 0.342 e. The molecule has 0 saturated carbocycles. The second-order valence-corrected chi connectivity index (χ2v) is 3.93. The first kappa shape index (κ1) is 8.85. The lowest BCUT2D eigenvalue weighted by atomic mass is 9.93. The van der Waals surface area contributed by atoms with Gasteiger partial charge in [0.15, 0.2) is 0 Å². The van der Waals surface area contributed by atoms with Crippen LogP contribution in [0.15, 0.2) is 0 Å². The van der Waals surface area contributed by atoms with Gasteiger partial charge in [0.2, 0.25) is 5.91 Å². The van der Waals surface area contributed by atoms with Crippen LogP contribution in [0, 0.1) is 5.41 Å². The highest BCUT2D eigenvalue weighted by molar-refractivity contribution is 6.19. The molecule has 0 spiro atoms. The van der Waals surface area contributed by atoms with Gasteiger partial charge in [-0.3, -0.25) is 4.79 Å². The molecule has 3 heteroatoms. The van der Waals surface area contributed by atoms with Crippen molar-refractivity contribution >= 4 is 17.5 Å². The van der Waals surface area contributed by atoms with Gasteiger partial charge in [0.25, 0.3) is 0 Å². The summed E-state index contributed by atoms with van der Waals surface area (Å²) in [6.07, 6.45) is 1.14. The number of hydrogen-bond donors (Lipinski definition) is 0. The smallest absolute Gasteiger partial charge is 0.229 e. The van der Waals surface area contributed by atoms with E-state index in [-0.39, 0.29) is 11.3 Å². The predicted molar refractivity (Wildman–Crippen MR) is 45.7 cm³/mol. The first-order valence-electron chi connectivity index (χ1n) is 3.93. The molecule has 0 N–H and O–H groups in total. The average molecular weight is 176 g/mol. The van der Waals surface area contributed by atoms with Gasteiger partial charge in [-0.15, -0.1) is 11.6 Å². The molecule has 0 radical (unpaired) electrons. The van der Waals surface area contributed by atoms with E-state index in [1.165, 1.54) is 0 Å². The zero-order valence-corrected chi connectivity index (χ0v) is 7.82. The van der Waals surface area contributed by atoms with Gasteiger partial charge in [-0.2, -0.15) is 0 Å². The Kier molecular flexibility index (Phi) is 2.43. The Labute approximate surface area is 72.5 Å². The summed E-state index contributed by atoms with van der Waals surface area (Å²) in [4.78, 5) is 13.4. The number of carbonyl (C=O) groups excluding carboxylic acids is 1. The minimum atomic E-state index is -0.373. The van der Waals surface area contributed by atoms with E-state index in [1.54, 1.807) is 0 Å². The Morgan fingerprint density at radius 3 is 2.36 bits per heavy atom. The number of rotatable bonds is 2. The Morgan fingerprint density at radius 1 is 1.55 bits per heavy atom. The summed E-state index contributed by atoms with van der Waals surface area (Å²) < 4.78 is 0. The number of hydrogen-bond acceptors (Lipinski definition) is 1. The number of likely N-dealkylation sites (tertiary alicyclic amines) is 1. The maximum Gasteiger partial charge on any atom is 0.229 e. The van der Waals surface area contributed by atoms with Crippen molar-refractivity contribution < 1.29 is 4.79 Å². The molecule has 0 aromatic carbocycles. The van der Waals surface area contributed by atoms with Gasteiger partial charge in [-0.1, -0.05) is 0 Å². The zero-order valence-electron chi connectivity index (χ0n) is 7.06. The van der Waals surface area contributed by atoms with E-state index < -0.39 is 0 Å². The molecule has 0 aromatic rings. The molecule has 1 rings (SSSR count). The Balaban J connectivity index is 2.51. The SMILES string of the molecule is CC(C)(CCl)C(=O)N1CCC1. The molecule has 0 aliphatic carbocycles. The van der Waals surface area contributed by atoms with Crippen LogP contribution in [0.1, 0.15) is 20.3 Å². The molecule has 1 amide bonds. The molecule has 64 valence electrons. The lowest BCUT2D eigenvalue weighted by Gasteiger charge is -2.36. The monoisotopic (exact) mass is 175 g/mol. The van der Waals surface area contributed by atoms with Gasteiger partial charge >= 0.3 is 0 Å². The van der Waals surface area contributed by atoms with Crippen LogP contribution in [0.5, 0.6) is 0 Å². The quantitative estimate of drug-likeness (QED) is 0.583. The fourth-order valence-corrected chi connectivity index (χ4v) is 1.12. The van der Waals surface area contributed by atoms with Crippen LogP contribution in [-0.2, 0) is 4.79 Å². The van der Waals surface area contributed by atoms with Gasteiger partial charge in [0.05, 0.1) is 5.41 Å². The molecule has 1 fully saturated rings. The Morgan fingerprint density at radius 2 is 2.09 bits per heavy atom. The molecule has 0 unspecified atom stereocenters. The standard InChI is InChI=1S/C8H14ClNO/c1-8(2,6-9)7(11)10-4-3-5-10/h3-6H2,1-2H3. The van der Waals surface area contributed by atoms with E-state index in [9.17, 15) is 4.79 Å². The van der Waals surface area contributed by atoms with Crippen molar-refractivity contribution in [3.8, 4) is 0 Å². The van der Waals surface area contributed by atoms with Crippen molar-refractivity contribution in [1.82, 2.24) is 4.90 Å². The molecule has 1 aliphatic rings. The normalized spacial score (nSPS) is 17.9. The van der Waals surface area contributed by atoms with Crippen molar-refractivity contribution in [1.29, 1.82) is 0 Å². The minimum Gasteiger partial charge on any atom is -0.342 e. The molecule has 1 aliphatic heterocycles. The van der Waals surface area contributed by atoms with E-state index >= 15 is 0 Å². The maximum absolute atomic E-state index is 11.5. The van der Waals surface area contributed by atoms with Crippen molar-refractivity contribution in [3.05, 3.63) is 0 Å². The second kappa shape index (κ2) is 3.02. The third kappa shape index (κ3) is 1.67. The van der Waals surface area contributed by atoms with Crippen molar-refractivity contribution in [3.63, 3.8) is 0 Å². The van der Waals surface area contributed by atoms with Crippen molar-refractivity contribution in [2.45, 2.75) is 20.3 Å². The molecule has 2 nitrogen and oxygen atoms in total. The highest BCUT2D eigenvalue weighted by atomic mass is 35.5. The molecule has 1 heterocycles. The summed E-state index contributed by atoms with van der Waals surface area (Å²) in [5, 5.41) is 0. The van der Waals surface area contributed by atoms with Crippen LogP contribution < -0.4 is 0 Å². The maximum atomic E-state index is 11.5. The summed E-state index contributed by atoms with van der Waals surface area (Å²) in [6, 6.07) is 0. The topological polar surface area (TPSA) is 20.3 Å². The van der Waals surface area contributed by atoms with E-state index in [2.05, 4.69) is 0 Å². The highest BCUT2D eigenvalue weighted by Crippen LogP contribution is 2.23. The molecule has 1 saturated heterocycles. The van der Waals surface area contributed by atoms with Gasteiger partial charge in [-0.25, -0.2) is 0 Å². The minimum absolute atomic E-state index is 0.193. The number of halogens is 1. The first-order valence-corrected chi connectivity index (χ1v) is 4.47. The Bertz CT molecular complexity index is 163. The van der Waals surface area contributed by atoms with Gasteiger partial charge < -0.3 is 4.90 Å². The number of nitrogens with zero attached hydrogens (tertiary/aromatic N) is 1. The summed E-state index contributed by atoms with van der Waals surface area (Å²) in [5.41, 5.74) is -0.373. The van der Waals surface area contributed by atoms with E-state index in [4.69, 9.17) is 11.6 Å². The van der Waals surface area contributed by atoms with Crippen LogP contribution in [0.4, 0.5) is 0 Å². The number of amides is 1. The molecular formula is C8H14ClNO. The van der Waals surface area contributed by atoms with Crippen LogP contribution in [-0.4, -0.2) is 29.8 Å². The van der Waals surface area contributed by atoms with Gasteiger partial charge in [0.1, 0.15) is 0 Å². The van der Waals surface area contributed by atoms with Crippen LogP contribution >= 0.6 is 11.6 Å². The zero-order chi connectivity index (χ0) is 8.48. The fourth-order valence-electron chi connectivity index (χ4n) is 1.00. The van der Waals surface area contributed by atoms with Crippen molar-refractivity contribution in [2.75, 3.05) is 19.0 Å². The summed E-state index contributed by atoms with van der Waals surface area (Å²) in [5.74, 6) is 0.598. The van der Waals surface area contributed by atoms with Gasteiger partial charge in [0, 0.05) is 19.0 Å². The molecule has 0 bridgehead atoms. The highest BCUT2D eigenvalue weighted by Gasteiger charge is 2.33. The fraction of sp³-hybridized carbons (Fsp3) is 0.875. The molecule has 11 heavy (non-hydrogen) atoms. The van der Waals surface area contributed by atoms with Crippen molar-refractivity contribution in [2.24, 2.45) is 5.41 Å². The first-order chi connectivity index (χ1) is 5.08. The van der Waals surface area contributed by atoms with Crippen LogP contribution in [0.2, 0.25) is 0 Å². The van der Waals surface area contributed by atoms with E-state index in [0.717, 1.165) is 19.5 Å². The number of carbonyl (C=O) groups is 1.